The van der Waals surface area contributed by atoms with Crippen LogP contribution < -0.4 is 0 Å². The molecule has 1 aromatic carbocycles. The summed E-state index contributed by atoms with van der Waals surface area (Å²) in [6.07, 6.45) is 0.734. The molecule has 2 atom stereocenters. The Morgan fingerprint density at radius 2 is 2.20 bits per heavy atom. The summed E-state index contributed by atoms with van der Waals surface area (Å²) >= 11 is 13.8. The zero-order chi connectivity index (χ0) is 11.1. The summed E-state index contributed by atoms with van der Waals surface area (Å²) in [5, 5.41) is 12.1. The van der Waals surface area contributed by atoms with E-state index in [0.717, 1.165) is 12.0 Å². The molecular weight excluding hydrogens is 251 g/mol. The van der Waals surface area contributed by atoms with Gasteiger partial charge in [-0.25, -0.2) is 0 Å². The Balaban J connectivity index is 2.40. The molecule has 1 aromatic rings. The van der Waals surface area contributed by atoms with Crippen molar-refractivity contribution in [3.63, 3.8) is 0 Å². The summed E-state index contributed by atoms with van der Waals surface area (Å²) in [7, 11) is 0. The van der Waals surface area contributed by atoms with Crippen LogP contribution in [-0.2, 0) is 5.60 Å². The van der Waals surface area contributed by atoms with Crippen molar-refractivity contribution in [2.75, 3.05) is 5.75 Å². The molecule has 2 unspecified atom stereocenters. The van der Waals surface area contributed by atoms with Crippen molar-refractivity contribution < 1.29 is 5.11 Å². The van der Waals surface area contributed by atoms with Crippen molar-refractivity contribution in [1.82, 2.24) is 0 Å². The molecule has 0 amide bonds. The van der Waals surface area contributed by atoms with Gasteiger partial charge in [-0.3, -0.25) is 0 Å². The van der Waals surface area contributed by atoms with Gasteiger partial charge < -0.3 is 5.11 Å². The lowest BCUT2D eigenvalue weighted by Crippen LogP contribution is -2.25. The average Bonchev–Trinajstić information content (AvgIpc) is 2.52. The molecule has 1 N–H and O–H groups in total. The fraction of sp³-hybridized carbons (Fsp3) is 0.455. The van der Waals surface area contributed by atoms with Gasteiger partial charge in [-0.2, -0.15) is 11.8 Å². The number of rotatable bonds is 1. The predicted octanol–water partition coefficient (Wildman–Crippen LogP) is 3.71. The smallest absolute Gasteiger partial charge is 0.101 e. The molecule has 0 saturated carbocycles. The van der Waals surface area contributed by atoms with Crippen molar-refractivity contribution in [2.24, 2.45) is 0 Å². The molecule has 4 heteroatoms. The number of benzene rings is 1. The third-order valence-corrected chi connectivity index (χ3v) is 4.61. The van der Waals surface area contributed by atoms with Crippen LogP contribution in [0.1, 0.15) is 18.9 Å². The van der Waals surface area contributed by atoms with Gasteiger partial charge >= 0.3 is 0 Å². The summed E-state index contributed by atoms with van der Waals surface area (Å²) < 4.78 is 0. The molecule has 1 aliphatic rings. The second kappa shape index (κ2) is 4.17. The molecule has 82 valence electrons. The Labute approximate surface area is 104 Å². The highest BCUT2D eigenvalue weighted by atomic mass is 35.5. The van der Waals surface area contributed by atoms with Crippen LogP contribution in [0.2, 0.25) is 10.0 Å². The first kappa shape index (κ1) is 11.6. The van der Waals surface area contributed by atoms with Crippen LogP contribution in [0.3, 0.4) is 0 Å². The zero-order valence-electron chi connectivity index (χ0n) is 8.34. The number of aliphatic hydroxyl groups is 1. The maximum Gasteiger partial charge on any atom is 0.101 e. The molecule has 0 aromatic heterocycles. The molecule has 0 spiro atoms. The average molecular weight is 263 g/mol. The van der Waals surface area contributed by atoms with Gasteiger partial charge in [0.05, 0.1) is 0 Å². The van der Waals surface area contributed by atoms with E-state index in [1.807, 2.05) is 0 Å². The van der Waals surface area contributed by atoms with Gasteiger partial charge in [-0.15, -0.1) is 0 Å². The Hall–Kier alpha value is 0.110. The molecule has 2 rings (SSSR count). The van der Waals surface area contributed by atoms with Crippen LogP contribution in [0.25, 0.3) is 0 Å². The van der Waals surface area contributed by atoms with Gasteiger partial charge in [0, 0.05) is 26.6 Å². The van der Waals surface area contributed by atoms with E-state index in [0.29, 0.717) is 21.0 Å². The van der Waals surface area contributed by atoms with E-state index in [2.05, 4.69) is 6.92 Å². The lowest BCUT2D eigenvalue weighted by Gasteiger charge is -2.23. The fourth-order valence-corrected chi connectivity index (χ4v) is 3.61. The maximum atomic E-state index is 10.5. The summed E-state index contributed by atoms with van der Waals surface area (Å²) in [4.78, 5) is 0. The second-order valence-corrected chi connectivity index (χ2v) is 6.25. The molecule has 1 saturated heterocycles. The summed E-state index contributed by atoms with van der Waals surface area (Å²) in [6, 6.07) is 5.25. The van der Waals surface area contributed by atoms with Gasteiger partial charge in [0.25, 0.3) is 0 Å². The van der Waals surface area contributed by atoms with E-state index in [4.69, 9.17) is 23.2 Å². The molecule has 15 heavy (non-hydrogen) atoms. The Kier molecular flexibility index (Phi) is 3.22. The maximum absolute atomic E-state index is 10.5. The molecule has 0 bridgehead atoms. The predicted molar refractivity (Wildman–Crippen MR) is 66.9 cm³/mol. The third kappa shape index (κ3) is 2.28. The van der Waals surface area contributed by atoms with E-state index in [9.17, 15) is 5.11 Å². The first-order valence-corrected chi connectivity index (χ1v) is 6.61. The topological polar surface area (TPSA) is 20.2 Å². The van der Waals surface area contributed by atoms with Crippen molar-refractivity contribution in [3.8, 4) is 0 Å². The SMILES string of the molecule is CC1CC(O)(c2cc(Cl)ccc2Cl)CS1. The molecule has 1 nitrogen and oxygen atoms in total. The third-order valence-electron chi connectivity index (χ3n) is 2.66. The summed E-state index contributed by atoms with van der Waals surface area (Å²) in [5.41, 5.74) is -0.0555. The van der Waals surface area contributed by atoms with Gasteiger partial charge in [-0.05, 0) is 24.6 Å². The van der Waals surface area contributed by atoms with Gasteiger partial charge in [0.1, 0.15) is 5.60 Å². The van der Waals surface area contributed by atoms with Crippen LogP contribution >= 0.6 is 35.0 Å². The quantitative estimate of drug-likeness (QED) is 0.833. The van der Waals surface area contributed by atoms with E-state index in [-0.39, 0.29) is 0 Å². The zero-order valence-corrected chi connectivity index (χ0v) is 10.7. The normalized spacial score (nSPS) is 30.8. The Morgan fingerprint density at radius 3 is 2.80 bits per heavy atom. The molecule has 1 heterocycles. The van der Waals surface area contributed by atoms with Crippen molar-refractivity contribution in [1.29, 1.82) is 0 Å². The van der Waals surface area contributed by atoms with Crippen LogP contribution in [0.15, 0.2) is 18.2 Å². The van der Waals surface area contributed by atoms with Gasteiger partial charge in [0.2, 0.25) is 0 Å². The minimum atomic E-state index is -0.813. The first-order valence-electron chi connectivity index (χ1n) is 4.81. The Bertz CT molecular complexity index is 383. The monoisotopic (exact) mass is 262 g/mol. The lowest BCUT2D eigenvalue weighted by molar-refractivity contribution is 0.0613. The van der Waals surface area contributed by atoms with Crippen molar-refractivity contribution in [3.05, 3.63) is 33.8 Å². The molecule has 1 fully saturated rings. The van der Waals surface area contributed by atoms with Crippen LogP contribution in [0.4, 0.5) is 0 Å². The van der Waals surface area contributed by atoms with Crippen molar-refractivity contribution in [2.45, 2.75) is 24.2 Å². The van der Waals surface area contributed by atoms with Crippen LogP contribution in [-0.4, -0.2) is 16.1 Å². The number of thioether (sulfide) groups is 1. The molecule has 0 radical (unpaired) electrons. The standard InChI is InChI=1S/C11H12Cl2OS/c1-7-5-11(14,6-15-7)9-4-8(12)2-3-10(9)13/h2-4,7,14H,5-6H2,1H3. The van der Waals surface area contributed by atoms with Gasteiger partial charge in [0.15, 0.2) is 0 Å². The van der Waals surface area contributed by atoms with Crippen LogP contribution in [0.5, 0.6) is 0 Å². The summed E-state index contributed by atoms with van der Waals surface area (Å²) in [6.45, 7) is 2.11. The van der Waals surface area contributed by atoms with Gasteiger partial charge in [-0.1, -0.05) is 30.1 Å². The second-order valence-electron chi connectivity index (χ2n) is 3.98. The minimum absolute atomic E-state index is 0.463. The number of hydrogen-bond donors (Lipinski definition) is 1. The van der Waals surface area contributed by atoms with E-state index >= 15 is 0 Å². The largest absolute Gasteiger partial charge is 0.384 e. The number of halogens is 2. The van der Waals surface area contributed by atoms with E-state index in [1.54, 1.807) is 30.0 Å². The lowest BCUT2D eigenvalue weighted by atomic mass is 9.91. The Morgan fingerprint density at radius 1 is 1.47 bits per heavy atom. The number of hydrogen-bond acceptors (Lipinski definition) is 2. The van der Waals surface area contributed by atoms with Crippen molar-refractivity contribution >= 4 is 35.0 Å². The molecule has 1 aliphatic heterocycles. The molecule has 0 aliphatic carbocycles. The highest BCUT2D eigenvalue weighted by molar-refractivity contribution is 8.00. The highest BCUT2D eigenvalue weighted by Crippen LogP contribution is 2.44. The minimum Gasteiger partial charge on any atom is -0.384 e. The molecular formula is C11H12Cl2OS. The first-order chi connectivity index (χ1) is 7.01. The van der Waals surface area contributed by atoms with E-state index in [1.165, 1.54) is 0 Å². The van der Waals surface area contributed by atoms with Crippen LogP contribution in [0, 0.1) is 0 Å². The summed E-state index contributed by atoms with van der Waals surface area (Å²) in [5.74, 6) is 0.689. The fourth-order valence-electron chi connectivity index (χ4n) is 1.92. The highest BCUT2D eigenvalue weighted by Gasteiger charge is 2.39. The van der Waals surface area contributed by atoms with E-state index < -0.39 is 5.60 Å².